The second-order valence-corrected chi connectivity index (χ2v) is 21.6. The first-order valence-corrected chi connectivity index (χ1v) is 26.1. The summed E-state index contributed by atoms with van der Waals surface area (Å²) in [5, 5.41) is 0. The van der Waals surface area contributed by atoms with Gasteiger partial charge in [-0.1, -0.05) is 222 Å². The van der Waals surface area contributed by atoms with Gasteiger partial charge in [0.05, 0.1) is 23.6 Å². The van der Waals surface area contributed by atoms with Crippen LogP contribution in [0.2, 0.25) is 0 Å². The molecule has 11 aromatic rings. The average molecular weight is 964 g/mol. The Bertz CT molecular complexity index is 4420. The van der Waals surface area contributed by atoms with Gasteiger partial charge < -0.3 is 9.80 Å². The Kier molecular flexibility index (Phi) is 8.24. The summed E-state index contributed by atoms with van der Waals surface area (Å²) < 4.78 is 44.9. The van der Waals surface area contributed by atoms with Crippen molar-refractivity contribution in [2.45, 2.75) is 43.9 Å². The summed E-state index contributed by atoms with van der Waals surface area (Å²) in [5.74, 6) is 0. The van der Waals surface area contributed by atoms with Crippen LogP contribution in [0.25, 0.3) is 55.6 Å². The molecule has 15 rings (SSSR count). The first-order valence-electron chi connectivity index (χ1n) is 28.6. The van der Waals surface area contributed by atoms with Crippen molar-refractivity contribution in [1.82, 2.24) is 0 Å². The van der Waals surface area contributed by atoms with Crippen LogP contribution in [0, 0.1) is 0 Å². The number of nitrogens with zero attached hydrogens (tertiary/aromatic N) is 2. The second kappa shape index (κ2) is 16.0. The molecule has 0 saturated heterocycles. The van der Waals surface area contributed by atoms with Crippen LogP contribution >= 0.6 is 0 Å². The minimum atomic E-state index is -0.764. The molecule has 0 aromatic heterocycles. The van der Waals surface area contributed by atoms with E-state index in [2.05, 4.69) is 238 Å². The van der Waals surface area contributed by atoms with Gasteiger partial charge in [0.25, 0.3) is 0 Å². The lowest BCUT2D eigenvalue weighted by Crippen LogP contribution is -2.27. The highest BCUT2D eigenvalue weighted by Gasteiger charge is 2.52. The fourth-order valence-corrected chi connectivity index (χ4v) is 13.9. The highest BCUT2D eigenvalue weighted by molar-refractivity contribution is 5.99. The third-order valence-electron chi connectivity index (χ3n) is 17.1. The summed E-state index contributed by atoms with van der Waals surface area (Å²) in [5.41, 5.74) is 24.5. The summed E-state index contributed by atoms with van der Waals surface area (Å²) in [4.78, 5) is 4.71. The lowest BCUT2D eigenvalue weighted by Gasteiger charge is -2.35. The topological polar surface area (TPSA) is 6.48 Å². The number of para-hydroxylation sites is 2. The predicted molar refractivity (Wildman–Crippen MR) is 313 cm³/mol. The highest BCUT2D eigenvalue weighted by Crippen LogP contribution is 2.65. The van der Waals surface area contributed by atoms with Crippen molar-refractivity contribution in [2.24, 2.45) is 0 Å². The quantitative estimate of drug-likeness (QED) is 0.157. The molecule has 0 radical (unpaired) electrons. The molecule has 1 spiro atoms. The number of rotatable bonds is 7. The highest BCUT2D eigenvalue weighted by atomic mass is 15.2. The predicted octanol–water partition coefficient (Wildman–Crippen LogP) is 19.2. The molecule has 1 unspecified atom stereocenters. The van der Waals surface area contributed by atoms with Gasteiger partial charge in [-0.25, -0.2) is 0 Å². The van der Waals surface area contributed by atoms with Crippen molar-refractivity contribution in [3.63, 3.8) is 0 Å². The van der Waals surface area contributed by atoms with E-state index in [0.29, 0.717) is 11.3 Å². The molecule has 2 nitrogen and oxygen atoms in total. The maximum absolute atomic E-state index is 9.32. The molecule has 75 heavy (non-hydrogen) atoms. The number of hydrogen-bond acceptors (Lipinski definition) is 2. The molecule has 4 aliphatic rings. The van der Waals surface area contributed by atoms with E-state index in [0.717, 1.165) is 39.6 Å². The van der Waals surface area contributed by atoms with Crippen LogP contribution in [-0.2, 0) is 16.2 Å². The summed E-state index contributed by atoms with van der Waals surface area (Å²) in [6.07, 6.45) is 0. The van der Waals surface area contributed by atoms with E-state index in [1.54, 1.807) is 0 Å². The van der Waals surface area contributed by atoms with Crippen LogP contribution in [0.5, 0.6) is 0 Å². The molecular formula is C73H54N2. The Morgan fingerprint density at radius 3 is 1.28 bits per heavy atom. The Hall–Kier alpha value is -8.98. The fourth-order valence-electron chi connectivity index (χ4n) is 13.9. The SMILES string of the molecule is [2H]c1c([2H])c([2H])c(-c2ccccc2N(c2ccc3c(c2)C(C)(C)c2ccccc2-3)c2ccc3c(c2)C2(c4ccccc4-3)c3ccccc3-c3ccc(N(c4ccccc4)c4cccc5c4C(C)(C)c4ccccc4-5)cc32)c([2H])c1[2H]. The molecule has 0 heterocycles. The summed E-state index contributed by atoms with van der Waals surface area (Å²) >= 11 is 0. The van der Waals surface area contributed by atoms with Gasteiger partial charge in [0.15, 0.2) is 0 Å². The molecule has 0 bridgehead atoms. The van der Waals surface area contributed by atoms with E-state index < -0.39 is 11.5 Å². The van der Waals surface area contributed by atoms with Gasteiger partial charge in [0.1, 0.15) is 0 Å². The minimum absolute atomic E-state index is 0.154. The number of benzene rings is 11. The van der Waals surface area contributed by atoms with E-state index in [1.807, 2.05) is 24.3 Å². The normalized spacial score (nSPS) is 16.9. The van der Waals surface area contributed by atoms with Crippen LogP contribution in [0.15, 0.2) is 255 Å². The van der Waals surface area contributed by atoms with Gasteiger partial charge in [-0.2, -0.15) is 0 Å². The van der Waals surface area contributed by atoms with Crippen molar-refractivity contribution >= 4 is 34.1 Å². The average Bonchev–Trinajstić information content (AvgIpc) is 4.22. The number of hydrogen-bond donors (Lipinski definition) is 0. The largest absolute Gasteiger partial charge is 0.310 e. The van der Waals surface area contributed by atoms with E-state index in [1.165, 1.54) is 77.9 Å². The van der Waals surface area contributed by atoms with Gasteiger partial charge in [-0.05, 0) is 155 Å². The van der Waals surface area contributed by atoms with Crippen molar-refractivity contribution in [3.05, 3.63) is 299 Å². The molecule has 0 aliphatic heterocycles. The van der Waals surface area contributed by atoms with Gasteiger partial charge in [-0.15, -0.1) is 0 Å². The molecular weight excluding hydrogens is 905 g/mol. The van der Waals surface area contributed by atoms with Gasteiger partial charge in [0, 0.05) is 39.1 Å². The van der Waals surface area contributed by atoms with Gasteiger partial charge in [0.2, 0.25) is 0 Å². The zero-order valence-corrected chi connectivity index (χ0v) is 42.3. The Labute approximate surface area is 447 Å². The molecule has 356 valence electrons. The molecule has 0 fully saturated rings. The maximum atomic E-state index is 9.32. The summed E-state index contributed by atoms with van der Waals surface area (Å²) in [6.45, 7) is 9.29. The lowest BCUT2D eigenvalue weighted by molar-refractivity contribution is 0.660. The van der Waals surface area contributed by atoms with Crippen LogP contribution in [0.1, 0.15) is 79.1 Å². The standard InChI is InChI=1S/C73H54N2/c1-71(2)61-32-16-11-27-53(61)57-41-38-49(44-65(57)71)75(68-36-20-15-26-52(68)47-22-7-5-8-23-47)51-40-43-59-55-29-14-19-35-64(55)73(67(59)46-51)63-34-18-13-28-54(63)58-42-39-50(45-66(58)73)74(48-24-9-6-10-25-48)69-37-21-31-60-56-30-12-17-33-62(56)72(3,4)70(60)69/h5-46H,1-4H3/i5D,7D,8D,22D,23D. The molecule has 0 saturated carbocycles. The smallest absolute Gasteiger partial charge is 0.0727 e. The number of anilines is 6. The van der Waals surface area contributed by atoms with Crippen molar-refractivity contribution in [1.29, 1.82) is 0 Å². The van der Waals surface area contributed by atoms with Crippen molar-refractivity contribution in [2.75, 3.05) is 9.80 Å². The molecule has 0 amide bonds. The monoisotopic (exact) mass is 963 g/mol. The molecule has 4 aliphatic carbocycles. The van der Waals surface area contributed by atoms with Gasteiger partial charge in [-0.3, -0.25) is 0 Å². The molecule has 1 atom stereocenters. The fraction of sp³-hybridized carbons (Fsp3) is 0.0959. The summed E-state index contributed by atoms with van der Waals surface area (Å²) in [6, 6.07) is 79.7. The van der Waals surface area contributed by atoms with E-state index in [9.17, 15) is 2.74 Å². The zero-order chi connectivity index (χ0) is 54.6. The Balaban J connectivity index is 0.992. The van der Waals surface area contributed by atoms with Crippen molar-refractivity contribution < 1.29 is 6.85 Å². The molecule has 11 aromatic carbocycles. The van der Waals surface area contributed by atoms with E-state index >= 15 is 0 Å². The first kappa shape index (κ1) is 38.6. The van der Waals surface area contributed by atoms with E-state index in [4.69, 9.17) is 4.11 Å². The Morgan fingerprint density at radius 2 is 0.693 bits per heavy atom. The second-order valence-electron chi connectivity index (χ2n) is 21.6. The zero-order valence-electron chi connectivity index (χ0n) is 47.3. The molecule has 2 heteroatoms. The van der Waals surface area contributed by atoms with Gasteiger partial charge >= 0.3 is 0 Å². The van der Waals surface area contributed by atoms with Crippen LogP contribution < -0.4 is 9.80 Å². The Morgan fingerprint density at radius 1 is 0.293 bits per heavy atom. The lowest BCUT2D eigenvalue weighted by atomic mass is 9.70. The first-order chi connectivity index (χ1) is 38.8. The van der Waals surface area contributed by atoms with Crippen LogP contribution in [0.4, 0.5) is 34.1 Å². The minimum Gasteiger partial charge on any atom is -0.310 e. The van der Waals surface area contributed by atoms with Crippen LogP contribution in [-0.4, -0.2) is 0 Å². The van der Waals surface area contributed by atoms with Crippen LogP contribution in [0.3, 0.4) is 0 Å². The van der Waals surface area contributed by atoms with E-state index in [-0.39, 0.29) is 40.6 Å². The maximum Gasteiger partial charge on any atom is 0.0727 e. The summed E-state index contributed by atoms with van der Waals surface area (Å²) in [7, 11) is 0. The molecule has 0 N–H and O–H groups in total. The van der Waals surface area contributed by atoms with Crippen molar-refractivity contribution in [3.8, 4) is 55.6 Å². The number of fused-ring (bicyclic) bond motifs is 16. The third kappa shape index (κ3) is 6.03. The third-order valence-corrected chi connectivity index (χ3v) is 17.1.